The highest BCUT2D eigenvalue weighted by Gasteiger charge is 2.24. The molecule has 0 saturated carbocycles. The second-order valence-electron chi connectivity index (χ2n) is 12.1. The van der Waals surface area contributed by atoms with Gasteiger partial charge in [-0.15, -0.1) is 0 Å². The van der Waals surface area contributed by atoms with E-state index in [0.29, 0.717) is 15.2 Å². The zero-order valence-electron chi connectivity index (χ0n) is 25.5. The second-order valence-corrected chi connectivity index (χ2v) is 13.4. The zero-order valence-corrected chi connectivity index (χ0v) is 26.5. The molecule has 0 heterocycles. The molecule has 5 rings (SSSR count). The lowest BCUT2D eigenvalue weighted by Gasteiger charge is -2.30. The SMILES string of the molecule is Cc1cc(Pc2c(C)cccc2N(Cc2ccccc2)Cc2ccccc2)c(OCc2ccccc2)c(C(C)(C)C)c1. The molecule has 0 bridgehead atoms. The molecule has 5 aromatic carbocycles. The Kier molecular flexibility index (Phi) is 9.45. The van der Waals surface area contributed by atoms with Crippen molar-refractivity contribution in [2.75, 3.05) is 4.90 Å². The van der Waals surface area contributed by atoms with Crippen molar-refractivity contribution >= 4 is 24.9 Å². The number of ether oxygens (including phenoxy) is 1. The van der Waals surface area contributed by atoms with Gasteiger partial charge in [0.2, 0.25) is 0 Å². The lowest BCUT2D eigenvalue weighted by Crippen LogP contribution is -2.28. The van der Waals surface area contributed by atoms with Gasteiger partial charge in [0.25, 0.3) is 0 Å². The van der Waals surface area contributed by atoms with E-state index >= 15 is 0 Å². The number of nitrogens with zero attached hydrogens (tertiary/aromatic N) is 1. The van der Waals surface area contributed by atoms with Crippen molar-refractivity contribution in [3.05, 3.63) is 155 Å². The molecule has 5 aromatic rings. The Morgan fingerprint density at radius 3 is 1.74 bits per heavy atom. The largest absolute Gasteiger partial charge is 0.488 e. The van der Waals surface area contributed by atoms with Gasteiger partial charge in [0.15, 0.2) is 0 Å². The van der Waals surface area contributed by atoms with Gasteiger partial charge in [0.1, 0.15) is 12.4 Å². The van der Waals surface area contributed by atoms with E-state index in [1.165, 1.54) is 49.7 Å². The minimum Gasteiger partial charge on any atom is -0.488 e. The van der Waals surface area contributed by atoms with Crippen LogP contribution < -0.4 is 20.2 Å². The van der Waals surface area contributed by atoms with E-state index in [-0.39, 0.29) is 5.41 Å². The van der Waals surface area contributed by atoms with Crippen molar-refractivity contribution in [3.8, 4) is 5.75 Å². The molecular formula is C39H42NOP. The molecule has 1 atom stereocenters. The van der Waals surface area contributed by atoms with Crippen LogP contribution in [-0.2, 0) is 25.1 Å². The van der Waals surface area contributed by atoms with Crippen LogP contribution in [0.2, 0.25) is 0 Å². The van der Waals surface area contributed by atoms with Gasteiger partial charge in [0.05, 0.1) is 0 Å². The summed E-state index contributed by atoms with van der Waals surface area (Å²) in [6.45, 7) is 13.5. The average molecular weight is 572 g/mol. The van der Waals surface area contributed by atoms with E-state index in [2.05, 4.69) is 161 Å². The zero-order chi connectivity index (χ0) is 29.5. The number of hydrogen-bond donors (Lipinski definition) is 0. The third-order valence-electron chi connectivity index (χ3n) is 7.55. The van der Waals surface area contributed by atoms with Gasteiger partial charge in [-0.3, -0.25) is 0 Å². The molecule has 42 heavy (non-hydrogen) atoms. The summed E-state index contributed by atoms with van der Waals surface area (Å²) >= 11 is 0. The predicted molar refractivity (Wildman–Crippen MR) is 182 cm³/mol. The molecule has 0 aliphatic carbocycles. The molecule has 0 amide bonds. The first-order valence-corrected chi connectivity index (χ1v) is 15.8. The second kappa shape index (κ2) is 13.4. The summed E-state index contributed by atoms with van der Waals surface area (Å²) in [4.78, 5) is 2.53. The maximum absolute atomic E-state index is 6.73. The van der Waals surface area contributed by atoms with Gasteiger partial charge in [-0.1, -0.05) is 139 Å². The van der Waals surface area contributed by atoms with E-state index in [4.69, 9.17) is 4.74 Å². The molecule has 0 aliphatic rings. The van der Waals surface area contributed by atoms with Crippen LogP contribution >= 0.6 is 8.58 Å². The predicted octanol–water partition coefficient (Wildman–Crippen LogP) is 9.02. The van der Waals surface area contributed by atoms with Crippen molar-refractivity contribution in [2.45, 2.75) is 59.7 Å². The van der Waals surface area contributed by atoms with Crippen molar-refractivity contribution in [1.29, 1.82) is 0 Å². The van der Waals surface area contributed by atoms with E-state index in [1.54, 1.807) is 0 Å². The first-order chi connectivity index (χ1) is 20.3. The summed E-state index contributed by atoms with van der Waals surface area (Å²) in [6.07, 6.45) is 0. The average Bonchev–Trinajstić information content (AvgIpc) is 2.98. The van der Waals surface area contributed by atoms with Crippen LogP contribution in [0.25, 0.3) is 0 Å². The quantitative estimate of drug-likeness (QED) is 0.155. The van der Waals surface area contributed by atoms with E-state index in [9.17, 15) is 0 Å². The molecule has 1 unspecified atom stereocenters. The van der Waals surface area contributed by atoms with E-state index < -0.39 is 0 Å². The summed E-state index contributed by atoms with van der Waals surface area (Å²) < 4.78 is 6.73. The lowest BCUT2D eigenvalue weighted by atomic mass is 9.85. The molecule has 2 nitrogen and oxygen atoms in total. The fourth-order valence-electron chi connectivity index (χ4n) is 5.36. The minimum atomic E-state index is -0.0432. The van der Waals surface area contributed by atoms with Gasteiger partial charge < -0.3 is 9.64 Å². The van der Waals surface area contributed by atoms with Gasteiger partial charge in [-0.2, -0.15) is 0 Å². The maximum Gasteiger partial charge on any atom is 0.131 e. The Morgan fingerprint density at radius 2 is 1.19 bits per heavy atom. The van der Waals surface area contributed by atoms with Gasteiger partial charge in [0, 0.05) is 34.9 Å². The summed E-state index contributed by atoms with van der Waals surface area (Å²) in [5, 5.41) is 2.64. The minimum absolute atomic E-state index is 0.0432. The van der Waals surface area contributed by atoms with Gasteiger partial charge in [-0.05, 0) is 59.2 Å². The van der Waals surface area contributed by atoms with Gasteiger partial charge >= 0.3 is 0 Å². The molecule has 0 aliphatic heterocycles. The molecular weight excluding hydrogens is 529 g/mol. The maximum atomic E-state index is 6.73. The molecule has 214 valence electrons. The highest BCUT2D eigenvalue weighted by Crippen LogP contribution is 2.36. The summed E-state index contributed by atoms with van der Waals surface area (Å²) in [7, 11) is 0.460. The molecule has 0 spiro atoms. The Morgan fingerprint density at radius 1 is 0.643 bits per heavy atom. The molecule has 0 radical (unpaired) electrons. The van der Waals surface area contributed by atoms with Crippen LogP contribution in [0.3, 0.4) is 0 Å². The topological polar surface area (TPSA) is 12.5 Å². The van der Waals surface area contributed by atoms with Crippen LogP contribution in [0.4, 0.5) is 5.69 Å². The van der Waals surface area contributed by atoms with Crippen LogP contribution in [0.1, 0.15) is 54.2 Å². The fourth-order valence-corrected chi connectivity index (χ4v) is 6.89. The summed E-state index contributed by atoms with van der Waals surface area (Å²) in [5.74, 6) is 1.03. The number of benzene rings is 5. The van der Waals surface area contributed by atoms with E-state index in [1.807, 2.05) is 0 Å². The molecule has 0 saturated heterocycles. The summed E-state index contributed by atoms with van der Waals surface area (Å²) in [5.41, 5.74) is 8.89. The first-order valence-electron chi connectivity index (χ1n) is 14.8. The molecule has 0 aromatic heterocycles. The Bertz CT molecular complexity index is 1550. The van der Waals surface area contributed by atoms with Crippen LogP contribution in [0.15, 0.2) is 121 Å². The third kappa shape index (κ3) is 7.50. The third-order valence-corrected chi connectivity index (χ3v) is 9.09. The molecule has 0 fully saturated rings. The monoisotopic (exact) mass is 571 g/mol. The highest BCUT2D eigenvalue weighted by atomic mass is 31.1. The Labute approximate surface area is 254 Å². The standard InChI is InChI=1S/C39H42NOP/c1-29-24-34(39(3,4)5)37(41-28-33-21-13-8-14-22-33)36(25-29)42-38-30(2)16-15-23-35(38)40(26-31-17-9-6-10-18-31)27-32-19-11-7-12-20-32/h6-25,42H,26-28H2,1-5H3. The molecule has 0 N–H and O–H groups in total. The van der Waals surface area contributed by atoms with Gasteiger partial charge in [-0.25, -0.2) is 0 Å². The van der Waals surface area contributed by atoms with Crippen molar-refractivity contribution in [1.82, 2.24) is 0 Å². The van der Waals surface area contributed by atoms with Crippen molar-refractivity contribution in [2.24, 2.45) is 0 Å². The normalized spacial score (nSPS) is 11.6. The fraction of sp³-hybridized carbons (Fsp3) is 0.231. The Hall–Kier alpha value is -3.87. The smallest absolute Gasteiger partial charge is 0.131 e. The lowest BCUT2D eigenvalue weighted by molar-refractivity contribution is 0.300. The number of aryl methyl sites for hydroxylation is 2. The first kappa shape index (κ1) is 29.6. The van der Waals surface area contributed by atoms with Crippen LogP contribution in [0, 0.1) is 13.8 Å². The number of rotatable bonds is 10. The van der Waals surface area contributed by atoms with Crippen molar-refractivity contribution in [3.63, 3.8) is 0 Å². The summed E-state index contributed by atoms with van der Waals surface area (Å²) in [6, 6.07) is 43.5. The van der Waals surface area contributed by atoms with E-state index in [0.717, 1.165) is 18.8 Å². The Balaban J connectivity index is 1.58. The van der Waals surface area contributed by atoms with Crippen LogP contribution in [0.5, 0.6) is 5.75 Å². The van der Waals surface area contributed by atoms with Crippen molar-refractivity contribution < 1.29 is 4.74 Å². The van der Waals surface area contributed by atoms with Crippen LogP contribution in [-0.4, -0.2) is 0 Å². The number of hydrogen-bond acceptors (Lipinski definition) is 2. The molecule has 3 heteroatoms. The number of anilines is 1. The highest BCUT2D eigenvalue weighted by molar-refractivity contribution is 7.56.